The standard InChI is InChI=1S/C15H22BrNO2/c1-11(19)14-7-6-13(10-15(14)16)17(8-9-18)12-4-2-3-5-12/h6-7,10-12,18-19H,2-5,8-9H2,1H3. The van der Waals surface area contributed by atoms with Gasteiger partial charge in [-0.25, -0.2) is 0 Å². The molecule has 0 spiro atoms. The van der Waals surface area contributed by atoms with Crippen LogP contribution in [-0.2, 0) is 0 Å². The van der Waals surface area contributed by atoms with Crippen LogP contribution in [0, 0.1) is 0 Å². The molecule has 2 N–H and O–H groups in total. The first-order chi connectivity index (χ1) is 9.13. The van der Waals surface area contributed by atoms with Crippen molar-refractivity contribution in [2.45, 2.75) is 44.8 Å². The van der Waals surface area contributed by atoms with Crippen molar-refractivity contribution in [1.82, 2.24) is 0 Å². The third kappa shape index (κ3) is 3.50. The Morgan fingerprint density at radius 3 is 2.58 bits per heavy atom. The first-order valence-corrected chi connectivity index (χ1v) is 7.77. The summed E-state index contributed by atoms with van der Waals surface area (Å²) in [5, 5.41) is 18.9. The second-order valence-corrected chi connectivity index (χ2v) is 6.09. The van der Waals surface area contributed by atoms with Crippen LogP contribution in [0.4, 0.5) is 5.69 Å². The maximum atomic E-state index is 9.67. The monoisotopic (exact) mass is 327 g/mol. The molecule has 0 bridgehead atoms. The Kier molecular flexibility index (Phi) is 5.25. The molecule has 1 aromatic rings. The van der Waals surface area contributed by atoms with Gasteiger partial charge in [-0.15, -0.1) is 0 Å². The maximum absolute atomic E-state index is 9.67. The van der Waals surface area contributed by atoms with E-state index in [0.29, 0.717) is 12.6 Å². The molecule has 3 nitrogen and oxygen atoms in total. The number of aliphatic hydroxyl groups excluding tert-OH is 2. The molecule has 1 saturated carbocycles. The molecule has 0 heterocycles. The topological polar surface area (TPSA) is 43.7 Å². The van der Waals surface area contributed by atoms with Gasteiger partial charge in [0.25, 0.3) is 0 Å². The van der Waals surface area contributed by atoms with E-state index >= 15 is 0 Å². The van der Waals surface area contributed by atoms with Crippen molar-refractivity contribution >= 4 is 21.6 Å². The number of rotatable bonds is 5. The van der Waals surface area contributed by atoms with E-state index < -0.39 is 6.10 Å². The SMILES string of the molecule is CC(O)c1ccc(N(CCO)C2CCCC2)cc1Br. The summed E-state index contributed by atoms with van der Waals surface area (Å²) in [6.07, 6.45) is 4.49. The number of anilines is 1. The average Bonchev–Trinajstić information content (AvgIpc) is 2.89. The van der Waals surface area contributed by atoms with Crippen LogP contribution in [0.5, 0.6) is 0 Å². The van der Waals surface area contributed by atoms with Crippen LogP contribution in [0.15, 0.2) is 22.7 Å². The van der Waals surface area contributed by atoms with E-state index in [-0.39, 0.29) is 6.61 Å². The number of aliphatic hydroxyl groups is 2. The van der Waals surface area contributed by atoms with Gasteiger partial charge in [-0.1, -0.05) is 34.8 Å². The zero-order valence-corrected chi connectivity index (χ0v) is 12.9. The molecule has 1 aliphatic rings. The van der Waals surface area contributed by atoms with Crippen LogP contribution in [0.1, 0.15) is 44.3 Å². The Bertz CT molecular complexity index is 417. The summed E-state index contributed by atoms with van der Waals surface area (Å²) >= 11 is 3.53. The van der Waals surface area contributed by atoms with E-state index in [4.69, 9.17) is 0 Å². The maximum Gasteiger partial charge on any atom is 0.0772 e. The van der Waals surface area contributed by atoms with Gasteiger partial charge in [0.1, 0.15) is 0 Å². The van der Waals surface area contributed by atoms with Gasteiger partial charge < -0.3 is 15.1 Å². The summed E-state index contributed by atoms with van der Waals surface area (Å²) < 4.78 is 0.931. The van der Waals surface area contributed by atoms with Crippen molar-refractivity contribution < 1.29 is 10.2 Å². The van der Waals surface area contributed by atoms with Crippen LogP contribution in [0.25, 0.3) is 0 Å². The van der Waals surface area contributed by atoms with Gasteiger partial charge in [-0.3, -0.25) is 0 Å². The van der Waals surface area contributed by atoms with Crippen molar-refractivity contribution in [1.29, 1.82) is 0 Å². The minimum atomic E-state index is -0.471. The summed E-state index contributed by atoms with van der Waals surface area (Å²) in [7, 11) is 0. The van der Waals surface area contributed by atoms with Crippen LogP contribution in [-0.4, -0.2) is 29.4 Å². The smallest absolute Gasteiger partial charge is 0.0772 e. The van der Waals surface area contributed by atoms with Crippen molar-refractivity contribution in [3.8, 4) is 0 Å². The highest BCUT2D eigenvalue weighted by Gasteiger charge is 2.23. The fourth-order valence-electron chi connectivity index (χ4n) is 2.88. The van der Waals surface area contributed by atoms with Crippen LogP contribution in [0.3, 0.4) is 0 Å². The molecule has 0 radical (unpaired) electrons. The molecule has 1 unspecified atom stereocenters. The summed E-state index contributed by atoms with van der Waals surface area (Å²) in [6.45, 7) is 2.61. The third-order valence-corrected chi connectivity index (χ3v) is 4.56. The lowest BCUT2D eigenvalue weighted by molar-refractivity contribution is 0.198. The minimum Gasteiger partial charge on any atom is -0.395 e. The zero-order valence-electron chi connectivity index (χ0n) is 11.3. The lowest BCUT2D eigenvalue weighted by Crippen LogP contribution is -2.35. The summed E-state index contributed by atoms with van der Waals surface area (Å²) in [5.74, 6) is 0. The van der Waals surface area contributed by atoms with Gasteiger partial charge in [-0.05, 0) is 37.5 Å². The zero-order chi connectivity index (χ0) is 13.8. The predicted octanol–water partition coefficient (Wildman–Crippen LogP) is 3.24. The average molecular weight is 328 g/mol. The lowest BCUT2D eigenvalue weighted by atomic mass is 10.1. The number of hydrogen-bond donors (Lipinski definition) is 2. The number of nitrogens with zero attached hydrogens (tertiary/aromatic N) is 1. The fraction of sp³-hybridized carbons (Fsp3) is 0.600. The molecule has 19 heavy (non-hydrogen) atoms. The molecule has 1 aliphatic carbocycles. The molecule has 0 amide bonds. The Morgan fingerprint density at radius 2 is 2.05 bits per heavy atom. The fourth-order valence-corrected chi connectivity index (χ4v) is 3.58. The van der Waals surface area contributed by atoms with Crippen molar-refractivity contribution in [2.75, 3.05) is 18.1 Å². The molecule has 4 heteroatoms. The summed E-state index contributed by atoms with van der Waals surface area (Å²) in [6, 6.07) is 6.59. The summed E-state index contributed by atoms with van der Waals surface area (Å²) in [4.78, 5) is 2.30. The van der Waals surface area contributed by atoms with Crippen molar-refractivity contribution in [2.24, 2.45) is 0 Å². The first kappa shape index (κ1) is 14.8. The Morgan fingerprint density at radius 1 is 1.37 bits per heavy atom. The minimum absolute atomic E-state index is 0.173. The van der Waals surface area contributed by atoms with Gasteiger partial charge in [0, 0.05) is 22.7 Å². The predicted molar refractivity (Wildman–Crippen MR) is 81.5 cm³/mol. The first-order valence-electron chi connectivity index (χ1n) is 6.98. The van der Waals surface area contributed by atoms with Crippen molar-refractivity contribution in [3.05, 3.63) is 28.2 Å². The molecule has 106 valence electrons. The van der Waals surface area contributed by atoms with Crippen molar-refractivity contribution in [3.63, 3.8) is 0 Å². The number of halogens is 1. The van der Waals surface area contributed by atoms with Gasteiger partial charge >= 0.3 is 0 Å². The van der Waals surface area contributed by atoms with E-state index in [9.17, 15) is 10.2 Å². The number of benzene rings is 1. The molecule has 1 aromatic carbocycles. The second kappa shape index (κ2) is 6.73. The Labute approximate surface area is 123 Å². The second-order valence-electron chi connectivity index (χ2n) is 5.24. The third-order valence-electron chi connectivity index (χ3n) is 3.87. The molecular formula is C15H22BrNO2. The van der Waals surface area contributed by atoms with E-state index in [1.165, 1.54) is 25.7 Å². The summed E-state index contributed by atoms with van der Waals surface area (Å²) in [5.41, 5.74) is 2.02. The largest absolute Gasteiger partial charge is 0.395 e. The van der Waals surface area contributed by atoms with Crippen LogP contribution in [0.2, 0.25) is 0 Å². The van der Waals surface area contributed by atoms with E-state index in [2.05, 4.69) is 26.9 Å². The van der Waals surface area contributed by atoms with E-state index in [0.717, 1.165) is 15.7 Å². The quantitative estimate of drug-likeness (QED) is 0.872. The molecule has 0 aliphatic heterocycles. The molecule has 2 rings (SSSR count). The van der Waals surface area contributed by atoms with Gasteiger partial charge in [0.15, 0.2) is 0 Å². The van der Waals surface area contributed by atoms with Gasteiger partial charge in [0.2, 0.25) is 0 Å². The highest BCUT2D eigenvalue weighted by Crippen LogP contribution is 2.32. The molecule has 0 aromatic heterocycles. The normalized spacial score (nSPS) is 17.7. The molecule has 1 fully saturated rings. The number of hydrogen-bond acceptors (Lipinski definition) is 3. The van der Waals surface area contributed by atoms with Gasteiger partial charge in [0.05, 0.1) is 12.7 Å². The molecule has 1 atom stereocenters. The van der Waals surface area contributed by atoms with Crippen LogP contribution >= 0.6 is 15.9 Å². The van der Waals surface area contributed by atoms with Gasteiger partial charge in [-0.2, -0.15) is 0 Å². The Hall–Kier alpha value is -0.580. The van der Waals surface area contributed by atoms with E-state index in [1.807, 2.05) is 12.1 Å². The van der Waals surface area contributed by atoms with E-state index in [1.54, 1.807) is 6.92 Å². The highest BCUT2D eigenvalue weighted by molar-refractivity contribution is 9.10. The lowest BCUT2D eigenvalue weighted by Gasteiger charge is -2.31. The highest BCUT2D eigenvalue weighted by atomic mass is 79.9. The van der Waals surface area contributed by atoms with Crippen LogP contribution < -0.4 is 4.90 Å². The molecule has 0 saturated heterocycles. The molecular weight excluding hydrogens is 306 g/mol. The Balaban J connectivity index is 2.23.